The van der Waals surface area contributed by atoms with E-state index in [4.69, 9.17) is 0 Å². The normalized spacial score (nSPS) is 20.6. The van der Waals surface area contributed by atoms with Crippen molar-refractivity contribution in [1.82, 2.24) is 5.43 Å². The lowest BCUT2D eigenvalue weighted by atomic mass is 9.68. The molecule has 0 heterocycles. The number of carbonyl (C=O) groups is 1. The van der Waals surface area contributed by atoms with Gasteiger partial charge in [-0.2, -0.15) is 5.10 Å². The lowest BCUT2D eigenvalue weighted by molar-refractivity contribution is 0.252. The van der Waals surface area contributed by atoms with Gasteiger partial charge in [-0.1, -0.05) is 49.8 Å². The molecule has 1 atom stereocenters. The molecule has 0 saturated carbocycles. The number of benzene rings is 1. The Morgan fingerprint density at radius 3 is 2.67 bits per heavy atom. The van der Waals surface area contributed by atoms with Crippen LogP contribution >= 0.6 is 0 Å². The molecule has 0 aromatic heterocycles. The molecule has 0 fully saturated rings. The summed E-state index contributed by atoms with van der Waals surface area (Å²) in [4.78, 5) is 11.8. The van der Waals surface area contributed by atoms with Crippen molar-refractivity contribution in [3.05, 3.63) is 54.1 Å². The fraction of sp³-hybridized carbons (Fsp3) is 0.400. The van der Waals surface area contributed by atoms with Crippen molar-refractivity contribution in [3.8, 4) is 0 Å². The van der Waals surface area contributed by atoms with E-state index in [2.05, 4.69) is 48.8 Å². The summed E-state index contributed by atoms with van der Waals surface area (Å²) in [6.07, 6.45) is 8.83. The van der Waals surface area contributed by atoms with E-state index >= 15 is 0 Å². The first-order valence-electron chi connectivity index (χ1n) is 8.40. The van der Waals surface area contributed by atoms with Crippen molar-refractivity contribution < 1.29 is 4.79 Å². The average molecular weight is 325 g/mol. The van der Waals surface area contributed by atoms with Crippen LogP contribution in [0.25, 0.3) is 0 Å². The van der Waals surface area contributed by atoms with Crippen LogP contribution in [-0.2, 0) is 0 Å². The summed E-state index contributed by atoms with van der Waals surface area (Å²) in [5.74, 6) is 0.412. The number of anilines is 1. The Morgan fingerprint density at radius 2 is 2.00 bits per heavy atom. The number of hydrazone groups is 1. The second-order valence-electron chi connectivity index (χ2n) is 7.00. The second-order valence-corrected chi connectivity index (χ2v) is 7.00. The number of hydrogen-bond donors (Lipinski definition) is 2. The van der Waals surface area contributed by atoms with Crippen molar-refractivity contribution in [1.29, 1.82) is 0 Å². The van der Waals surface area contributed by atoms with E-state index in [0.717, 1.165) is 17.8 Å². The molecular weight excluding hydrogens is 298 g/mol. The maximum absolute atomic E-state index is 11.8. The number of carbonyl (C=O) groups excluding carboxylic acids is 1. The molecule has 1 aromatic rings. The Morgan fingerprint density at radius 1 is 1.29 bits per heavy atom. The van der Waals surface area contributed by atoms with Crippen LogP contribution < -0.4 is 10.7 Å². The number of nitrogens with one attached hydrogen (secondary N) is 2. The smallest absolute Gasteiger partial charge is 0.307 e. The molecule has 4 heteroatoms. The third kappa shape index (κ3) is 5.08. The van der Waals surface area contributed by atoms with Crippen molar-refractivity contribution in [3.63, 3.8) is 0 Å². The molecule has 0 spiro atoms. The van der Waals surface area contributed by atoms with Gasteiger partial charge >= 0.3 is 6.03 Å². The first-order valence-corrected chi connectivity index (χ1v) is 8.40. The van der Waals surface area contributed by atoms with E-state index in [0.29, 0.717) is 5.92 Å². The van der Waals surface area contributed by atoms with Gasteiger partial charge in [0, 0.05) is 11.6 Å². The molecule has 1 unspecified atom stereocenters. The summed E-state index contributed by atoms with van der Waals surface area (Å²) in [6.45, 7) is 8.68. The van der Waals surface area contributed by atoms with E-state index in [9.17, 15) is 4.79 Å². The van der Waals surface area contributed by atoms with Gasteiger partial charge in [0.05, 0.1) is 5.71 Å². The lowest BCUT2D eigenvalue weighted by Gasteiger charge is -2.36. The van der Waals surface area contributed by atoms with Gasteiger partial charge in [0.1, 0.15) is 0 Å². The molecule has 24 heavy (non-hydrogen) atoms. The van der Waals surface area contributed by atoms with Crippen LogP contribution in [-0.4, -0.2) is 11.7 Å². The standard InChI is InChI=1S/C20H27N3O/c1-15-9-8-14-20(3,4)18(15)13-12-16(2)22-23-19(24)21-17-10-6-5-7-11-17/h5-7,9-13,18H,8,14H2,1-4H3,(H2,21,23,24). The molecule has 0 radical (unpaired) electrons. The van der Waals surface area contributed by atoms with Crippen LogP contribution in [0.15, 0.2) is 59.2 Å². The van der Waals surface area contributed by atoms with Crippen LogP contribution in [0.5, 0.6) is 0 Å². The van der Waals surface area contributed by atoms with Gasteiger partial charge in [-0.3, -0.25) is 0 Å². The molecule has 1 aliphatic carbocycles. The average Bonchev–Trinajstić information content (AvgIpc) is 2.53. The van der Waals surface area contributed by atoms with E-state index in [1.807, 2.05) is 43.3 Å². The highest BCUT2D eigenvalue weighted by Crippen LogP contribution is 2.41. The SMILES string of the molecule is CC1=CCCC(C)(C)C1C=CC(C)=NNC(=O)Nc1ccccc1. The van der Waals surface area contributed by atoms with Crippen LogP contribution in [0.3, 0.4) is 0 Å². The second kappa shape index (κ2) is 7.95. The van der Waals surface area contributed by atoms with Crippen LogP contribution in [0, 0.1) is 11.3 Å². The number of para-hydroxylation sites is 1. The molecule has 2 rings (SSSR count). The Labute approximate surface area is 144 Å². The monoisotopic (exact) mass is 325 g/mol. The highest BCUT2D eigenvalue weighted by molar-refractivity contribution is 5.95. The zero-order valence-corrected chi connectivity index (χ0v) is 15.0. The Kier molecular flexibility index (Phi) is 5.96. The third-order valence-electron chi connectivity index (χ3n) is 4.48. The molecule has 0 saturated heterocycles. The minimum atomic E-state index is -0.344. The van der Waals surface area contributed by atoms with Crippen molar-refractivity contribution >= 4 is 17.4 Å². The third-order valence-corrected chi connectivity index (χ3v) is 4.48. The van der Waals surface area contributed by atoms with E-state index in [1.165, 1.54) is 12.0 Å². The summed E-state index contributed by atoms with van der Waals surface area (Å²) in [5, 5.41) is 6.86. The predicted molar refractivity (Wildman–Crippen MR) is 101 cm³/mol. The molecular formula is C20H27N3O. The molecule has 2 N–H and O–H groups in total. The summed E-state index contributed by atoms with van der Waals surface area (Å²) in [6, 6.07) is 8.96. The number of urea groups is 1. The molecule has 128 valence electrons. The fourth-order valence-electron chi connectivity index (χ4n) is 3.08. The zero-order valence-electron chi connectivity index (χ0n) is 15.0. The van der Waals surface area contributed by atoms with Gasteiger partial charge in [0.2, 0.25) is 0 Å². The lowest BCUT2D eigenvalue weighted by Crippen LogP contribution is -2.26. The Balaban J connectivity index is 1.92. The van der Waals surface area contributed by atoms with Gasteiger partial charge in [0.25, 0.3) is 0 Å². The first kappa shape index (κ1) is 18.0. The predicted octanol–water partition coefficient (Wildman–Crippen LogP) is 5.12. The topological polar surface area (TPSA) is 53.5 Å². The zero-order chi connectivity index (χ0) is 17.6. The molecule has 4 nitrogen and oxygen atoms in total. The maximum atomic E-state index is 11.8. The first-order chi connectivity index (χ1) is 11.4. The van der Waals surface area contributed by atoms with Crippen LogP contribution in [0.1, 0.15) is 40.5 Å². The largest absolute Gasteiger partial charge is 0.339 e. The number of amides is 2. The maximum Gasteiger partial charge on any atom is 0.339 e. The number of rotatable bonds is 4. The van der Waals surface area contributed by atoms with Gasteiger partial charge in [-0.25, -0.2) is 10.2 Å². The van der Waals surface area contributed by atoms with E-state index in [-0.39, 0.29) is 11.4 Å². The summed E-state index contributed by atoms with van der Waals surface area (Å²) in [5.41, 5.74) is 5.70. The van der Waals surface area contributed by atoms with Gasteiger partial charge < -0.3 is 5.32 Å². The molecule has 0 bridgehead atoms. The Bertz CT molecular complexity index is 657. The van der Waals surface area contributed by atoms with Crippen molar-refractivity contribution in [2.45, 2.75) is 40.5 Å². The number of allylic oxidation sites excluding steroid dienone is 4. The van der Waals surface area contributed by atoms with Gasteiger partial charge in [0.15, 0.2) is 0 Å². The van der Waals surface area contributed by atoms with Crippen LogP contribution in [0.2, 0.25) is 0 Å². The minimum Gasteiger partial charge on any atom is -0.307 e. The summed E-state index contributed by atoms with van der Waals surface area (Å²) < 4.78 is 0. The number of hydrogen-bond acceptors (Lipinski definition) is 2. The van der Waals surface area contributed by atoms with E-state index in [1.54, 1.807) is 0 Å². The minimum absolute atomic E-state index is 0.258. The summed E-state index contributed by atoms with van der Waals surface area (Å²) >= 11 is 0. The van der Waals surface area contributed by atoms with Gasteiger partial charge in [-0.05, 0) is 50.3 Å². The molecule has 1 aromatic carbocycles. The van der Waals surface area contributed by atoms with Crippen molar-refractivity contribution in [2.75, 3.05) is 5.32 Å². The van der Waals surface area contributed by atoms with E-state index < -0.39 is 0 Å². The summed E-state index contributed by atoms with van der Waals surface area (Å²) in [7, 11) is 0. The van der Waals surface area contributed by atoms with Crippen LogP contribution in [0.4, 0.5) is 10.5 Å². The molecule has 2 amide bonds. The number of nitrogens with zero attached hydrogens (tertiary/aromatic N) is 1. The highest BCUT2D eigenvalue weighted by Gasteiger charge is 2.30. The Hall–Kier alpha value is -2.36. The highest BCUT2D eigenvalue weighted by atomic mass is 16.2. The quantitative estimate of drug-likeness (QED) is 0.450. The van der Waals surface area contributed by atoms with Crippen molar-refractivity contribution in [2.24, 2.45) is 16.4 Å². The molecule has 1 aliphatic rings. The fourth-order valence-corrected chi connectivity index (χ4v) is 3.08. The molecule has 0 aliphatic heterocycles. The van der Waals surface area contributed by atoms with Gasteiger partial charge in [-0.15, -0.1) is 0 Å².